The highest BCUT2D eigenvalue weighted by atomic mass is 79.9. The largest absolute Gasteiger partial charge is 0.305 e. The fraction of sp³-hybridized carbons (Fsp3) is 0.333. The fourth-order valence-corrected chi connectivity index (χ4v) is 3.70. The molecule has 0 aromatic carbocycles. The van der Waals surface area contributed by atoms with Crippen LogP contribution in [0.5, 0.6) is 0 Å². The summed E-state index contributed by atoms with van der Waals surface area (Å²) >= 11 is 6.73. The predicted octanol–water partition coefficient (Wildman–Crippen LogP) is 3.06. The highest BCUT2D eigenvalue weighted by molar-refractivity contribution is 9.10. The summed E-state index contributed by atoms with van der Waals surface area (Å²) in [6, 6.07) is 2.28. The van der Waals surface area contributed by atoms with Gasteiger partial charge in [-0.05, 0) is 45.5 Å². The van der Waals surface area contributed by atoms with Crippen molar-refractivity contribution in [1.29, 1.82) is 0 Å². The van der Waals surface area contributed by atoms with Crippen LogP contribution in [-0.4, -0.2) is 16.1 Å². The lowest BCUT2D eigenvalue weighted by Gasteiger charge is -2.14. The van der Waals surface area contributed by atoms with Crippen LogP contribution in [0.25, 0.3) is 0 Å². The number of aromatic nitrogens is 2. The van der Waals surface area contributed by atoms with Gasteiger partial charge in [-0.15, -0.1) is 16.4 Å². The molecule has 1 unspecified atom stereocenters. The molecule has 0 aliphatic heterocycles. The molecule has 0 fully saturated rings. The van der Waals surface area contributed by atoms with E-state index in [0.717, 1.165) is 15.9 Å². The van der Waals surface area contributed by atoms with Crippen LogP contribution >= 0.6 is 38.8 Å². The Balaban J connectivity index is 2.32. The Morgan fingerprint density at radius 3 is 3.00 bits per heavy atom. The van der Waals surface area contributed by atoms with E-state index in [1.807, 2.05) is 6.20 Å². The molecule has 0 saturated carbocycles. The maximum Gasteiger partial charge on any atom is 0.0808 e. The average Bonchev–Trinajstić information content (AvgIpc) is 2.85. The lowest BCUT2D eigenvalue weighted by molar-refractivity contribution is 0.646. The molecule has 0 bridgehead atoms. The second-order valence-corrected chi connectivity index (χ2v) is 5.56. The minimum Gasteiger partial charge on any atom is -0.305 e. The van der Waals surface area contributed by atoms with Gasteiger partial charge in [0, 0.05) is 9.35 Å². The molecule has 0 spiro atoms. The van der Waals surface area contributed by atoms with Gasteiger partial charge in [-0.3, -0.25) is 0 Å². The molecule has 2 rings (SSSR count). The third kappa shape index (κ3) is 2.44. The van der Waals surface area contributed by atoms with E-state index in [1.54, 1.807) is 11.3 Å². The van der Waals surface area contributed by atoms with E-state index in [4.69, 9.17) is 0 Å². The molecule has 0 aliphatic carbocycles. The Morgan fingerprint density at radius 2 is 2.47 bits per heavy atom. The smallest absolute Gasteiger partial charge is 0.0808 e. The molecule has 0 saturated heterocycles. The Hall–Kier alpha value is -0.300. The molecule has 2 heterocycles. The molecule has 80 valence electrons. The van der Waals surface area contributed by atoms with Crippen molar-refractivity contribution in [2.24, 2.45) is 0 Å². The summed E-state index contributed by atoms with van der Waals surface area (Å²) in [6.45, 7) is 3.02. The van der Waals surface area contributed by atoms with Crippen molar-refractivity contribution in [3.05, 3.63) is 31.9 Å². The second kappa shape index (κ2) is 5.16. The molecule has 6 heteroatoms. The Morgan fingerprint density at radius 1 is 1.60 bits per heavy atom. The van der Waals surface area contributed by atoms with Crippen LogP contribution in [0.15, 0.2) is 22.1 Å². The number of hydrogen-bond acceptors (Lipinski definition) is 5. The van der Waals surface area contributed by atoms with Gasteiger partial charge in [0.1, 0.15) is 0 Å². The van der Waals surface area contributed by atoms with Gasteiger partial charge in [0.2, 0.25) is 0 Å². The SMILES string of the molecule is CCNC(c1cnns1)c1sccc1Br. The van der Waals surface area contributed by atoms with Crippen LogP contribution in [0.2, 0.25) is 0 Å². The quantitative estimate of drug-likeness (QED) is 0.943. The van der Waals surface area contributed by atoms with Gasteiger partial charge in [-0.25, -0.2) is 0 Å². The summed E-state index contributed by atoms with van der Waals surface area (Å²) in [7, 11) is 0. The second-order valence-electron chi connectivity index (χ2n) is 2.94. The molecule has 2 aromatic heterocycles. The molecular formula is C9H10BrN3S2. The minimum absolute atomic E-state index is 0.212. The number of hydrogen-bond donors (Lipinski definition) is 1. The zero-order valence-electron chi connectivity index (χ0n) is 8.11. The van der Waals surface area contributed by atoms with Gasteiger partial charge in [0.25, 0.3) is 0 Å². The van der Waals surface area contributed by atoms with Gasteiger partial charge < -0.3 is 5.32 Å². The first-order valence-corrected chi connectivity index (χ1v) is 7.01. The number of nitrogens with zero attached hydrogens (tertiary/aromatic N) is 2. The summed E-state index contributed by atoms with van der Waals surface area (Å²) in [4.78, 5) is 2.43. The van der Waals surface area contributed by atoms with Crippen molar-refractivity contribution in [1.82, 2.24) is 14.9 Å². The van der Waals surface area contributed by atoms with Gasteiger partial charge in [0.15, 0.2) is 0 Å². The predicted molar refractivity (Wildman–Crippen MR) is 67.4 cm³/mol. The minimum atomic E-state index is 0.212. The summed E-state index contributed by atoms with van der Waals surface area (Å²) in [5.41, 5.74) is 0. The Bertz CT molecular complexity index is 413. The summed E-state index contributed by atoms with van der Waals surface area (Å²) in [5.74, 6) is 0. The Kier molecular flexibility index (Phi) is 3.85. The maximum atomic E-state index is 3.91. The molecule has 15 heavy (non-hydrogen) atoms. The van der Waals surface area contributed by atoms with Crippen LogP contribution in [0.4, 0.5) is 0 Å². The highest BCUT2D eigenvalue weighted by Gasteiger charge is 2.18. The van der Waals surface area contributed by atoms with E-state index in [9.17, 15) is 0 Å². The van der Waals surface area contributed by atoms with Crippen molar-refractivity contribution in [2.45, 2.75) is 13.0 Å². The van der Waals surface area contributed by atoms with E-state index in [2.05, 4.69) is 49.2 Å². The van der Waals surface area contributed by atoms with Gasteiger partial charge in [0.05, 0.1) is 17.1 Å². The first-order chi connectivity index (χ1) is 7.33. The molecule has 0 amide bonds. The Labute approximate surface area is 105 Å². The average molecular weight is 304 g/mol. The lowest BCUT2D eigenvalue weighted by Crippen LogP contribution is -2.20. The first kappa shape index (κ1) is 11.2. The van der Waals surface area contributed by atoms with E-state index in [-0.39, 0.29) is 6.04 Å². The van der Waals surface area contributed by atoms with Crippen molar-refractivity contribution in [3.63, 3.8) is 0 Å². The molecule has 0 radical (unpaired) electrons. The van der Waals surface area contributed by atoms with E-state index in [1.165, 1.54) is 16.4 Å². The lowest BCUT2D eigenvalue weighted by atomic mass is 10.2. The van der Waals surface area contributed by atoms with Crippen molar-refractivity contribution >= 4 is 38.8 Å². The molecule has 2 aromatic rings. The van der Waals surface area contributed by atoms with Crippen LogP contribution in [-0.2, 0) is 0 Å². The number of halogens is 1. The van der Waals surface area contributed by atoms with E-state index in [0.29, 0.717) is 0 Å². The molecule has 1 N–H and O–H groups in total. The van der Waals surface area contributed by atoms with E-state index >= 15 is 0 Å². The fourth-order valence-electron chi connectivity index (χ4n) is 1.34. The van der Waals surface area contributed by atoms with Crippen LogP contribution in [0.3, 0.4) is 0 Å². The number of thiophene rings is 1. The van der Waals surface area contributed by atoms with Crippen LogP contribution in [0, 0.1) is 0 Å². The number of rotatable bonds is 4. The summed E-state index contributed by atoms with van der Waals surface area (Å²) in [5, 5.41) is 9.40. The molecule has 1 atom stereocenters. The molecule has 3 nitrogen and oxygen atoms in total. The maximum absolute atomic E-state index is 3.91. The topological polar surface area (TPSA) is 37.8 Å². The van der Waals surface area contributed by atoms with Crippen molar-refractivity contribution < 1.29 is 0 Å². The normalized spacial score (nSPS) is 12.9. The molecular weight excluding hydrogens is 294 g/mol. The zero-order valence-corrected chi connectivity index (χ0v) is 11.3. The van der Waals surface area contributed by atoms with Crippen LogP contribution in [0.1, 0.15) is 22.7 Å². The number of nitrogens with one attached hydrogen (secondary N) is 1. The van der Waals surface area contributed by atoms with Crippen LogP contribution < -0.4 is 5.32 Å². The van der Waals surface area contributed by atoms with Gasteiger partial charge >= 0.3 is 0 Å². The third-order valence-electron chi connectivity index (χ3n) is 1.98. The van der Waals surface area contributed by atoms with Crippen molar-refractivity contribution in [3.8, 4) is 0 Å². The van der Waals surface area contributed by atoms with Gasteiger partial charge in [-0.1, -0.05) is 11.4 Å². The molecule has 0 aliphatic rings. The third-order valence-corrected chi connectivity index (χ3v) is 4.64. The van der Waals surface area contributed by atoms with Crippen molar-refractivity contribution in [2.75, 3.05) is 6.54 Å². The highest BCUT2D eigenvalue weighted by Crippen LogP contribution is 2.33. The summed E-state index contributed by atoms with van der Waals surface area (Å²) < 4.78 is 5.05. The first-order valence-electron chi connectivity index (χ1n) is 4.56. The standard InChI is InChI=1S/C9H10BrN3S2/c1-2-11-8(7-5-12-13-15-7)9-6(10)3-4-14-9/h3-5,8,11H,2H2,1H3. The summed E-state index contributed by atoms with van der Waals surface area (Å²) in [6.07, 6.45) is 1.82. The van der Waals surface area contributed by atoms with Gasteiger partial charge in [-0.2, -0.15) is 0 Å². The zero-order chi connectivity index (χ0) is 10.7. The monoisotopic (exact) mass is 303 g/mol. The van der Waals surface area contributed by atoms with E-state index < -0.39 is 0 Å².